The molecule has 0 spiro atoms. The lowest BCUT2D eigenvalue weighted by Gasteiger charge is -2.38. The first-order valence-corrected chi connectivity index (χ1v) is 6.59. The summed E-state index contributed by atoms with van der Waals surface area (Å²) >= 11 is 0. The second-order valence-corrected chi connectivity index (χ2v) is 5.24. The SMILES string of the molecule is CC(=O)c1ccc(C(=O)N2CCN(C)CC2C)cc1. The van der Waals surface area contributed by atoms with Crippen LogP contribution < -0.4 is 0 Å². The first-order valence-electron chi connectivity index (χ1n) is 6.59. The molecule has 0 aromatic heterocycles. The van der Waals surface area contributed by atoms with Crippen LogP contribution in [0.5, 0.6) is 0 Å². The van der Waals surface area contributed by atoms with E-state index < -0.39 is 0 Å². The topological polar surface area (TPSA) is 40.6 Å². The minimum absolute atomic E-state index is 0.0203. The highest BCUT2D eigenvalue weighted by molar-refractivity contribution is 5.97. The number of carbonyl (C=O) groups excluding carboxylic acids is 2. The maximum absolute atomic E-state index is 12.4. The first-order chi connectivity index (χ1) is 8.99. The number of ketones is 1. The summed E-state index contributed by atoms with van der Waals surface area (Å²) in [5, 5.41) is 0. The molecule has 1 aromatic rings. The molecule has 0 bridgehead atoms. The van der Waals surface area contributed by atoms with Crippen LogP contribution in [0.15, 0.2) is 24.3 Å². The van der Waals surface area contributed by atoms with Gasteiger partial charge in [-0.3, -0.25) is 9.59 Å². The molecule has 0 aliphatic carbocycles. The number of rotatable bonds is 2. The van der Waals surface area contributed by atoms with Gasteiger partial charge in [0, 0.05) is 36.8 Å². The van der Waals surface area contributed by atoms with E-state index in [1.54, 1.807) is 24.3 Å². The van der Waals surface area contributed by atoms with Gasteiger partial charge in [0.25, 0.3) is 5.91 Å². The highest BCUT2D eigenvalue weighted by Crippen LogP contribution is 2.14. The van der Waals surface area contributed by atoms with Crippen LogP contribution in [0.1, 0.15) is 34.6 Å². The molecule has 1 aliphatic heterocycles. The maximum Gasteiger partial charge on any atom is 0.254 e. The lowest BCUT2D eigenvalue weighted by atomic mass is 10.1. The van der Waals surface area contributed by atoms with Crippen molar-refractivity contribution in [2.45, 2.75) is 19.9 Å². The van der Waals surface area contributed by atoms with Crippen LogP contribution >= 0.6 is 0 Å². The summed E-state index contributed by atoms with van der Waals surface area (Å²) in [5.41, 5.74) is 1.30. The molecule has 2 rings (SSSR count). The van der Waals surface area contributed by atoms with Gasteiger partial charge in [0.05, 0.1) is 0 Å². The predicted molar refractivity (Wildman–Crippen MR) is 74.4 cm³/mol. The third-order valence-corrected chi connectivity index (χ3v) is 3.63. The van der Waals surface area contributed by atoms with E-state index in [0.717, 1.165) is 19.6 Å². The van der Waals surface area contributed by atoms with E-state index in [9.17, 15) is 9.59 Å². The number of piperazine rings is 1. The Labute approximate surface area is 114 Å². The molecule has 0 saturated carbocycles. The summed E-state index contributed by atoms with van der Waals surface area (Å²) in [4.78, 5) is 27.8. The molecule has 4 heteroatoms. The second kappa shape index (κ2) is 5.53. The molecule has 1 unspecified atom stereocenters. The van der Waals surface area contributed by atoms with Crippen LogP contribution in [0, 0.1) is 0 Å². The van der Waals surface area contributed by atoms with Crippen LogP contribution in [0.4, 0.5) is 0 Å². The molecule has 1 fully saturated rings. The summed E-state index contributed by atoms with van der Waals surface area (Å²) in [7, 11) is 2.07. The van der Waals surface area contributed by atoms with Crippen LogP contribution in [0.3, 0.4) is 0 Å². The van der Waals surface area contributed by atoms with Gasteiger partial charge in [0.1, 0.15) is 0 Å². The van der Waals surface area contributed by atoms with Crippen molar-refractivity contribution in [2.24, 2.45) is 0 Å². The van der Waals surface area contributed by atoms with Gasteiger partial charge in [-0.25, -0.2) is 0 Å². The van der Waals surface area contributed by atoms with Gasteiger partial charge in [0.15, 0.2) is 5.78 Å². The van der Waals surface area contributed by atoms with E-state index in [-0.39, 0.29) is 17.7 Å². The van der Waals surface area contributed by atoms with Crippen LogP contribution in [0.2, 0.25) is 0 Å². The Kier molecular flexibility index (Phi) is 4.00. The number of benzene rings is 1. The third-order valence-electron chi connectivity index (χ3n) is 3.63. The Balaban J connectivity index is 2.13. The van der Waals surface area contributed by atoms with Gasteiger partial charge < -0.3 is 9.80 Å². The first kappa shape index (κ1) is 13.7. The van der Waals surface area contributed by atoms with Gasteiger partial charge >= 0.3 is 0 Å². The summed E-state index contributed by atoms with van der Waals surface area (Å²) < 4.78 is 0. The van der Waals surface area contributed by atoms with Crippen molar-refractivity contribution in [2.75, 3.05) is 26.7 Å². The highest BCUT2D eigenvalue weighted by Gasteiger charge is 2.26. The number of nitrogens with zero attached hydrogens (tertiary/aromatic N) is 2. The summed E-state index contributed by atoms with van der Waals surface area (Å²) in [6.07, 6.45) is 0. The van der Waals surface area contributed by atoms with Crippen molar-refractivity contribution in [3.05, 3.63) is 35.4 Å². The minimum atomic E-state index is 0.0203. The fourth-order valence-electron chi connectivity index (χ4n) is 2.45. The van der Waals surface area contributed by atoms with Gasteiger partial charge in [0.2, 0.25) is 0 Å². The Morgan fingerprint density at radius 3 is 2.21 bits per heavy atom. The molecule has 1 heterocycles. The average Bonchev–Trinajstić information content (AvgIpc) is 2.38. The number of amides is 1. The molecule has 1 atom stereocenters. The Morgan fingerprint density at radius 1 is 1.11 bits per heavy atom. The van der Waals surface area contributed by atoms with E-state index in [0.29, 0.717) is 11.1 Å². The lowest BCUT2D eigenvalue weighted by Crippen LogP contribution is -2.52. The quantitative estimate of drug-likeness (QED) is 0.759. The lowest BCUT2D eigenvalue weighted by molar-refractivity contribution is 0.0533. The number of hydrogen-bond donors (Lipinski definition) is 0. The molecule has 0 N–H and O–H groups in total. The number of Topliss-reactive ketones (excluding diaryl/α,β-unsaturated/α-hetero) is 1. The zero-order valence-electron chi connectivity index (χ0n) is 11.7. The van der Waals surface area contributed by atoms with E-state index in [1.165, 1.54) is 6.92 Å². The molecule has 19 heavy (non-hydrogen) atoms. The summed E-state index contributed by atoms with van der Waals surface area (Å²) in [6, 6.07) is 7.14. The van der Waals surface area contributed by atoms with Crippen LogP contribution in [0.25, 0.3) is 0 Å². The fraction of sp³-hybridized carbons (Fsp3) is 0.467. The van der Waals surface area contributed by atoms with Crippen molar-refractivity contribution in [3.8, 4) is 0 Å². The van der Waals surface area contributed by atoms with Crippen molar-refractivity contribution < 1.29 is 9.59 Å². The minimum Gasteiger partial charge on any atom is -0.333 e. The zero-order valence-corrected chi connectivity index (χ0v) is 11.7. The van der Waals surface area contributed by atoms with Gasteiger partial charge in [-0.2, -0.15) is 0 Å². The number of likely N-dealkylation sites (N-methyl/N-ethyl adjacent to an activating group) is 1. The van der Waals surface area contributed by atoms with E-state index >= 15 is 0 Å². The molecule has 1 aliphatic rings. The van der Waals surface area contributed by atoms with E-state index in [1.807, 2.05) is 4.90 Å². The van der Waals surface area contributed by atoms with Crippen molar-refractivity contribution in [1.29, 1.82) is 0 Å². The summed E-state index contributed by atoms with van der Waals surface area (Å²) in [6.45, 7) is 6.15. The van der Waals surface area contributed by atoms with Gasteiger partial charge in [-0.15, -0.1) is 0 Å². The highest BCUT2D eigenvalue weighted by atomic mass is 16.2. The number of hydrogen-bond acceptors (Lipinski definition) is 3. The molecule has 4 nitrogen and oxygen atoms in total. The largest absolute Gasteiger partial charge is 0.333 e. The van der Waals surface area contributed by atoms with E-state index in [4.69, 9.17) is 0 Å². The second-order valence-electron chi connectivity index (χ2n) is 5.24. The van der Waals surface area contributed by atoms with Crippen LogP contribution in [-0.4, -0.2) is 54.2 Å². The smallest absolute Gasteiger partial charge is 0.254 e. The average molecular weight is 260 g/mol. The normalized spacial score (nSPS) is 20.4. The predicted octanol–water partition coefficient (Wildman–Crippen LogP) is 1.67. The van der Waals surface area contributed by atoms with Crippen molar-refractivity contribution in [3.63, 3.8) is 0 Å². The van der Waals surface area contributed by atoms with E-state index in [2.05, 4.69) is 18.9 Å². The number of carbonyl (C=O) groups is 2. The maximum atomic E-state index is 12.4. The molecule has 1 aromatic carbocycles. The van der Waals surface area contributed by atoms with Gasteiger partial charge in [-0.1, -0.05) is 12.1 Å². The van der Waals surface area contributed by atoms with Crippen molar-refractivity contribution in [1.82, 2.24) is 9.80 Å². The standard InChI is InChI=1S/C15H20N2O2/c1-11-10-16(3)8-9-17(11)15(19)14-6-4-13(5-7-14)12(2)18/h4-7,11H,8-10H2,1-3H3. The molecule has 1 amide bonds. The van der Waals surface area contributed by atoms with Gasteiger partial charge in [-0.05, 0) is 33.0 Å². The van der Waals surface area contributed by atoms with Crippen LogP contribution in [-0.2, 0) is 0 Å². The third kappa shape index (κ3) is 3.01. The summed E-state index contributed by atoms with van der Waals surface area (Å²) in [5.74, 6) is 0.0719. The fourth-order valence-corrected chi connectivity index (χ4v) is 2.45. The Morgan fingerprint density at radius 2 is 1.68 bits per heavy atom. The molecular formula is C15H20N2O2. The Hall–Kier alpha value is -1.68. The molecule has 0 radical (unpaired) electrons. The Bertz CT molecular complexity index is 481. The molecule has 1 saturated heterocycles. The van der Waals surface area contributed by atoms with Crippen molar-refractivity contribution >= 4 is 11.7 Å². The zero-order chi connectivity index (χ0) is 14.0. The monoisotopic (exact) mass is 260 g/mol. The molecular weight excluding hydrogens is 240 g/mol. The molecule has 102 valence electrons.